The molecule has 4 heteroatoms. The molecule has 1 atom stereocenters. The van der Waals surface area contributed by atoms with E-state index in [4.69, 9.17) is 14.2 Å². The van der Waals surface area contributed by atoms with Gasteiger partial charge < -0.3 is 14.2 Å². The molecule has 4 nitrogen and oxygen atoms in total. The molecule has 1 aromatic carbocycles. The van der Waals surface area contributed by atoms with Gasteiger partial charge in [0.1, 0.15) is 5.75 Å². The molecular formula is C19H28O4. The van der Waals surface area contributed by atoms with E-state index in [9.17, 15) is 4.79 Å². The molecule has 0 aromatic heterocycles. The van der Waals surface area contributed by atoms with Crippen molar-refractivity contribution in [2.45, 2.75) is 51.7 Å². The number of rotatable bonds is 7. The summed E-state index contributed by atoms with van der Waals surface area (Å²) in [6.45, 7) is 2.61. The second-order valence-corrected chi connectivity index (χ2v) is 6.46. The molecule has 0 spiro atoms. The summed E-state index contributed by atoms with van der Waals surface area (Å²) in [7, 11) is 3.13. The summed E-state index contributed by atoms with van der Waals surface area (Å²) in [6.07, 6.45) is 5.69. The van der Waals surface area contributed by atoms with Crippen molar-refractivity contribution in [3.8, 4) is 5.75 Å². The van der Waals surface area contributed by atoms with E-state index in [2.05, 4.69) is 0 Å². The summed E-state index contributed by atoms with van der Waals surface area (Å²) in [5.41, 5.74) is 1.17. The van der Waals surface area contributed by atoms with E-state index in [0.717, 1.165) is 37.9 Å². The summed E-state index contributed by atoms with van der Waals surface area (Å²) < 4.78 is 16.0. The van der Waals surface area contributed by atoms with Gasteiger partial charge in [-0.1, -0.05) is 19.1 Å². The van der Waals surface area contributed by atoms with Gasteiger partial charge in [-0.3, -0.25) is 4.79 Å². The molecule has 1 aliphatic carbocycles. The maximum Gasteiger partial charge on any atom is 0.308 e. The Kier molecular flexibility index (Phi) is 6.90. The summed E-state index contributed by atoms with van der Waals surface area (Å²) >= 11 is 0. The Labute approximate surface area is 139 Å². The van der Waals surface area contributed by atoms with Crippen LogP contribution < -0.4 is 4.74 Å². The smallest absolute Gasteiger partial charge is 0.308 e. The highest BCUT2D eigenvalue weighted by Gasteiger charge is 2.25. The Balaban J connectivity index is 1.69. The fourth-order valence-corrected chi connectivity index (χ4v) is 3.27. The number of benzene rings is 1. The Hall–Kier alpha value is -1.55. The first-order valence-electron chi connectivity index (χ1n) is 8.44. The number of methoxy groups -OCH3 is 2. The molecule has 23 heavy (non-hydrogen) atoms. The van der Waals surface area contributed by atoms with Gasteiger partial charge in [-0.05, 0) is 55.7 Å². The van der Waals surface area contributed by atoms with Crippen LogP contribution >= 0.6 is 0 Å². The summed E-state index contributed by atoms with van der Waals surface area (Å²) in [6, 6.07) is 8.01. The molecule has 2 rings (SSSR count). The predicted molar refractivity (Wildman–Crippen MR) is 89.3 cm³/mol. The zero-order valence-electron chi connectivity index (χ0n) is 14.4. The Morgan fingerprint density at radius 1 is 1.13 bits per heavy atom. The van der Waals surface area contributed by atoms with E-state index >= 15 is 0 Å². The van der Waals surface area contributed by atoms with Crippen LogP contribution in [0, 0.1) is 11.8 Å². The van der Waals surface area contributed by atoms with Crippen LogP contribution in [0.3, 0.4) is 0 Å². The van der Waals surface area contributed by atoms with Gasteiger partial charge >= 0.3 is 5.97 Å². The first-order chi connectivity index (χ1) is 11.1. The van der Waals surface area contributed by atoms with Gasteiger partial charge in [0.25, 0.3) is 0 Å². The highest BCUT2D eigenvalue weighted by molar-refractivity contribution is 5.71. The van der Waals surface area contributed by atoms with Gasteiger partial charge in [-0.25, -0.2) is 0 Å². The second kappa shape index (κ2) is 8.92. The lowest BCUT2D eigenvalue weighted by molar-refractivity contribution is -0.145. The molecular weight excluding hydrogens is 292 g/mol. The van der Waals surface area contributed by atoms with Gasteiger partial charge in [0.2, 0.25) is 0 Å². The first-order valence-corrected chi connectivity index (χ1v) is 8.44. The van der Waals surface area contributed by atoms with E-state index in [0.29, 0.717) is 18.6 Å². The van der Waals surface area contributed by atoms with Crippen molar-refractivity contribution in [3.63, 3.8) is 0 Å². The minimum atomic E-state index is -0.0946. The van der Waals surface area contributed by atoms with E-state index in [1.54, 1.807) is 7.11 Å². The van der Waals surface area contributed by atoms with E-state index < -0.39 is 0 Å². The number of esters is 1. The molecule has 0 heterocycles. The zero-order valence-corrected chi connectivity index (χ0v) is 14.4. The Morgan fingerprint density at radius 2 is 1.78 bits per heavy atom. The van der Waals surface area contributed by atoms with Crippen molar-refractivity contribution < 1.29 is 19.0 Å². The van der Waals surface area contributed by atoms with Crippen LogP contribution in [0.4, 0.5) is 0 Å². The number of hydrogen-bond donors (Lipinski definition) is 0. The van der Waals surface area contributed by atoms with Crippen LogP contribution in [0.1, 0.15) is 44.6 Å². The molecule has 0 amide bonds. The maximum atomic E-state index is 11.5. The molecule has 0 saturated heterocycles. The number of carbonyl (C=O) groups is 1. The molecule has 0 radical (unpaired) electrons. The van der Waals surface area contributed by atoms with Crippen LogP contribution in [0.5, 0.6) is 5.75 Å². The Bertz CT molecular complexity index is 475. The van der Waals surface area contributed by atoms with Crippen molar-refractivity contribution >= 4 is 5.97 Å². The van der Waals surface area contributed by atoms with Crippen LogP contribution in [0.2, 0.25) is 0 Å². The molecule has 128 valence electrons. The molecule has 1 aromatic rings. The number of ether oxygens (including phenoxy) is 3. The van der Waals surface area contributed by atoms with Crippen LogP contribution in [0.15, 0.2) is 24.3 Å². The fourth-order valence-electron chi connectivity index (χ4n) is 3.27. The summed E-state index contributed by atoms with van der Waals surface area (Å²) in [4.78, 5) is 11.5. The topological polar surface area (TPSA) is 44.8 Å². The van der Waals surface area contributed by atoms with Gasteiger partial charge in [0.15, 0.2) is 0 Å². The average molecular weight is 320 g/mol. The maximum absolute atomic E-state index is 11.5. The molecule has 0 aliphatic heterocycles. The van der Waals surface area contributed by atoms with Crippen LogP contribution in [-0.2, 0) is 20.9 Å². The highest BCUT2D eigenvalue weighted by atomic mass is 16.5. The van der Waals surface area contributed by atoms with Gasteiger partial charge in [-0.15, -0.1) is 0 Å². The summed E-state index contributed by atoms with van der Waals surface area (Å²) in [5, 5.41) is 0. The standard InChI is InChI=1S/C19H28O4/c1-14(19(20)22-3)12-15-4-10-18(11-5-15)23-13-16-6-8-17(21-2)9-7-16/h6-9,14-15,18H,4-5,10-13H2,1-3H3/t14-,15?,18?/m0/s1. The molecule has 0 N–H and O–H groups in total. The predicted octanol–water partition coefficient (Wildman–Crippen LogP) is 3.97. The van der Waals surface area contributed by atoms with Gasteiger partial charge in [-0.2, -0.15) is 0 Å². The lowest BCUT2D eigenvalue weighted by atomic mass is 9.82. The van der Waals surface area contributed by atoms with Crippen molar-refractivity contribution in [2.24, 2.45) is 11.8 Å². The van der Waals surface area contributed by atoms with Crippen molar-refractivity contribution in [1.29, 1.82) is 0 Å². The minimum absolute atomic E-state index is 0.00164. The van der Waals surface area contributed by atoms with E-state index in [-0.39, 0.29) is 11.9 Å². The summed E-state index contributed by atoms with van der Waals surface area (Å²) in [5.74, 6) is 1.39. The fraction of sp³-hybridized carbons (Fsp3) is 0.632. The molecule has 0 bridgehead atoms. The number of carbonyl (C=O) groups excluding carboxylic acids is 1. The zero-order chi connectivity index (χ0) is 16.7. The molecule has 1 fully saturated rings. The number of hydrogen-bond acceptors (Lipinski definition) is 4. The lowest BCUT2D eigenvalue weighted by Gasteiger charge is -2.29. The Morgan fingerprint density at radius 3 is 2.35 bits per heavy atom. The van der Waals surface area contributed by atoms with Crippen LogP contribution in [-0.4, -0.2) is 26.3 Å². The molecule has 1 saturated carbocycles. The lowest BCUT2D eigenvalue weighted by Crippen LogP contribution is -2.24. The third kappa shape index (κ3) is 5.54. The quantitative estimate of drug-likeness (QED) is 0.713. The van der Waals surface area contributed by atoms with Crippen LogP contribution in [0.25, 0.3) is 0 Å². The highest BCUT2D eigenvalue weighted by Crippen LogP contribution is 2.31. The first kappa shape index (κ1) is 17.8. The van der Waals surface area contributed by atoms with Crippen molar-refractivity contribution in [3.05, 3.63) is 29.8 Å². The largest absolute Gasteiger partial charge is 0.497 e. The normalized spacial score (nSPS) is 22.4. The third-order valence-electron chi connectivity index (χ3n) is 4.73. The SMILES string of the molecule is COC(=O)[C@@H](C)CC1CCC(OCc2ccc(OC)cc2)CC1. The minimum Gasteiger partial charge on any atom is -0.497 e. The average Bonchev–Trinajstić information content (AvgIpc) is 2.60. The van der Waals surface area contributed by atoms with E-state index in [1.165, 1.54) is 12.7 Å². The molecule has 0 unspecified atom stereocenters. The van der Waals surface area contributed by atoms with Crippen molar-refractivity contribution in [1.82, 2.24) is 0 Å². The third-order valence-corrected chi connectivity index (χ3v) is 4.73. The molecule has 1 aliphatic rings. The second-order valence-electron chi connectivity index (χ2n) is 6.46. The van der Waals surface area contributed by atoms with Gasteiger partial charge in [0, 0.05) is 0 Å². The van der Waals surface area contributed by atoms with Gasteiger partial charge in [0.05, 0.1) is 32.8 Å². The van der Waals surface area contributed by atoms with Crippen molar-refractivity contribution in [2.75, 3.05) is 14.2 Å². The monoisotopic (exact) mass is 320 g/mol. The van der Waals surface area contributed by atoms with E-state index in [1.807, 2.05) is 31.2 Å².